The standard InChI is InChI=1S/C36H44F3N3O2/c1-24-10-5-6-13-29(24)34(44)42-21-8-14-30(33(43)40-28-12-7-11-27(22-28)35(2,3)4)32(42)26-18-16-25(17-19-26)23-41-20-9-15-31(41)36(37,38)39/h5-7,10-13,16-18,22,26,30-32H,8-9,14-15,19-21,23H2,1-4H3,(H,40,43)/t26?,30?,31?,32-/m0/s1. The number of anilines is 1. The third kappa shape index (κ3) is 7.12. The molecule has 0 radical (unpaired) electrons. The average molecular weight is 608 g/mol. The number of aryl methyl sites for hydroxylation is 1. The lowest BCUT2D eigenvalue weighted by atomic mass is 9.77. The summed E-state index contributed by atoms with van der Waals surface area (Å²) in [6, 6.07) is 13.6. The zero-order valence-electron chi connectivity index (χ0n) is 26.2. The Morgan fingerprint density at radius 2 is 1.73 bits per heavy atom. The minimum absolute atomic E-state index is 0.0724. The number of amides is 2. The molecular weight excluding hydrogens is 563 g/mol. The maximum absolute atomic E-state index is 14.0. The maximum atomic E-state index is 14.0. The van der Waals surface area contributed by atoms with Gasteiger partial charge < -0.3 is 10.2 Å². The molecule has 2 heterocycles. The van der Waals surface area contributed by atoms with Gasteiger partial charge in [-0.25, -0.2) is 0 Å². The lowest BCUT2D eigenvalue weighted by Crippen LogP contribution is -2.55. The van der Waals surface area contributed by atoms with Crippen molar-refractivity contribution in [2.45, 2.75) is 83.5 Å². The first-order valence-electron chi connectivity index (χ1n) is 15.8. The fourth-order valence-electron chi connectivity index (χ4n) is 7.01. The summed E-state index contributed by atoms with van der Waals surface area (Å²) < 4.78 is 40.7. The van der Waals surface area contributed by atoms with Crippen molar-refractivity contribution >= 4 is 17.5 Å². The molecule has 1 N–H and O–H groups in total. The number of likely N-dealkylation sites (tertiary alicyclic amines) is 2. The normalized spacial score (nSPS) is 24.7. The number of piperidine rings is 1. The summed E-state index contributed by atoms with van der Waals surface area (Å²) >= 11 is 0. The number of carbonyl (C=O) groups is 2. The Morgan fingerprint density at radius 1 is 0.977 bits per heavy atom. The fourth-order valence-corrected chi connectivity index (χ4v) is 7.01. The van der Waals surface area contributed by atoms with Crippen LogP contribution in [0.4, 0.5) is 18.9 Å². The molecule has 236 valence electrons. The molecule has 4 atom stereocenters. The van der Waals surface area contributed by atoms with Crippen molar-refractivity contribution in [1.29, 1.82) is 0 Å². The Labute approximate surface area is 259 Å². The van der Waals surface area contributed by atoms with E-state index >= 15 is 0 Å². The van der Waals surface area contributed by atoms with E-state index in [-0.39, 0.29) is 42.2 Å². The highest BCUT2D eigenvalue weighted by Gasteiger charge is 2.46. The fraction of sp³-hybridized carbons (Fsp3) is 0.500. The molecule has 5 nitrogen and oxygen atoms in total. The van der Waals surface area contributed by atoms with Crippen molar-refractivity contribution in [3.8, 4) is 0 Å². The molecule has 2 aromatic rings. The van der Waals surface area contributed by atoms with Crippen LogP contribution in [0.1, 0.15) is 74.4 Å². The van der Waals surface area contributed by atoms with Crippen molar-refractivity contribution in [3.05, 3.63) is 89.0 Å². The second-order valence-corrected chi connectivity index (χ2v) is 13.6. The van der Waals surface area contributed by atoms with Gasteiger partial charge in [-0.3, -0.25) is 14.5 Å². The molecule has 1 aliphatic carbocycles. The van der Waals surface area contributed by atoms with E-state index in [9.17, 15) is 22.8 Å². The SMILES string of the molecule is Cc1ccccc1C(=O)N1CCCC(C(=O)Nc2cccc(C(C)(C)C)c2)[C@@H]1C1C=CC(CN2CCCC2C(F)(F)F)=CC1. The first-order valence-corrected chi connectivity index (χ1v) is 15.8. The van der Waals surface area contributed by atoms with Crippen LogP contribution in [0.5, 0.6) is 0 Å². The van der Waals surface area contributed by atoms with Crippen LogP contribution in [0.3, 0.4) is 0 Å². The van der Waals surface area contributed by atoms with Crippen LogP contribution in [-0.4, -0.2) is 59.5 Å². The lowest BCUT2D eigenvalue weighted by Gasteiger charge is -2.44. The Hall–Kier alpha value is -3.39. The number of alkyl halides is 3. The number of nitrogens with one attached hydrogen (secondary N) is 1. The minimum atomic E-state index is -4.23. The Bertz CT molecular complexity index is 1420. The molecule has 2 saturated heterocycles. The van der Waals surface area contributed by atoms with Crippen LogP contribution >= 0.6 is 0 Å². The van der Waals surface area contributed by atoms with Gasteiger partial charge in [0.1, 0.15) is 6.04 Å². The highest BCUT2D eigenvalue weighted by Crippen LogP contribution is 2.37. The molecule has 0 bridgehead atoms. The molecule has 5 rings (SSSR count). The maximum Gasteiger partial charge on any atom is 0.404 e. The quantitative estimate of drug-likeness (QED) is 0.367. The van der Waals surface area contributed by atoms with E-state index in [1.54, 1.807) is 0 Å². The van der Waals surface area contributed by atoms with Gasteiger partial charge in [0.15, 0.2) is 0 Å². The van der Waals surface area contributed by atoms with E-state index in [1.165, 1.54) is 4.90 Å². The Balaban J connectivity index is 1.39. The van der Waals surface area contributed by atoms with Gasteiger partial charge in [-0.2, -0.15) is 13.2 Å². The van der Waals surface area contributed by atoms with Gasteiger partial charge in [0, 0.05) is 30.3 Å². The molecule has 44 heavy (non-hydrogen) atoms. The molecule has 2 amide bonds. The van der Waals surface area contributed by atoms with Crippen LogP contribution < -0.4 is 5.32 Å². The topological polar surface area (TPSA) is 52.7 Å². The monoisotopic (exact) mass is 607 g/mol. The summed E-state index contributed by atoms with van der Waals surface area (Å²) in [5.41, 5.74) is 4.13. The van der Waals surface area contributed by atoms with Gasteiger partial charge in [-0.15, -0.1) is 0 Å². The van der Waals surface area contributed by atoms with Gasteiger partial charge >= 0.3 is 6.18 Å². The van der Waals surface area contributed by atoms with Crippen molar-refractivity contribution in [2.75, 3.05) is 25.0 Å². The minimum Gasteiger partial charge on any atom is -0.334 e. The summed E-state index contributed by atoms with van der Waals surface area (Å²) in [6.45, 7) is 9.53. The zero-order valence-corrected chi connectivity index (χ0v) is 26.2. The first kappa shape index (κ1) is 32.0. The number of rotatable bonds is 6. The zero-order chi connectivity index (χ0) is 31.6. The third-order valence-corrected chi connectivity index (χ3v) is 9.43. The second kappa shape index (κ2) is 12.9. The summed E-state index contributed by atoms with van der Waals surface area (Å²) in [5.74, 6) is -0.779. The van der Waals surface area contributed by atoms with E-state index in [0.29, 0.717) is 44.3 Å². The molecule has 2 fully saturated rings. The van der Waals surface area contributed by atoms with Crippen molar-refractivity contribution in [2.24, 2.45) is 11.8 Å². The van der Waals surface area contributed by atoms with Crippen LogP contribution in [0.25, 0.3) is 0 Å². The average Bonchev–Trinajstić information content (AvgIpc) is 3.46. The Kier molecular flexibility index (Phi) is 9.40. The number of allylic oxidation sites excluding steroid dienone is 1. The molecule has 0 aromatic heterocycles. The van der Waals surface area contributed by atoms with Gasteiger partial charge in [0.05, 0.1) is 12.0 Å². The second-order valence-electron chi connectivity index (χ2n) is 13.6. The number of hydrogen-bond acceptors (Lipinski definition) is 3. The summed E-state index contributed by atoms with van der Waals surface area (Å²) in [6.07, 6.45) is 4.28. The summed E-state index contributed by atoms with van der Waals surface area (Å²) in [4.78, 5) is 31.4. The summed E-state index contributed by atoms with van der Waals surface area (Å²) in [5, 5.41) is 3.15. The Morgan fingerprint density at radius 3 is 2.41 bits per heavy atom. The number of benzene rings is 2. The highest BCUT2D eigenvalue weighted by molar-refractivity contribution is 5.98. The largest absolute Gasteiger partial charge is 0.404 e. The van der Waals surface area contributed by atoms with E-state index in [2.05, 4.69) is 32.2 Å². The lowest BCUT2D eigenvalue weighted by molar-refractivity contribution is -0.174. The molecule has 0 spiro atoms. The molecule has 3 aliphatic rings. The number of nitrogens with zero attached hydrogens (tertiary/aromatic N) is 2. The van der Waals surface area contributed by atoms with Crippen LogP contribution in [0, 0.1) is 18.8 Å². The summed E-state index contributed by atoms with van der Waals surface area (Å²) in [7, 11) is 0. The van der Waals surface area contributed by atoms with Gasteiger partial charge in [0.25, 0.3) is 5.91 Å². The highest BCUT2D eigenvalue weighted by atomic mass is 19.4. The number of carbonyl (C=O) groups excluding carboxylic acids is 2. The van der Waals surface area contributed by atoms with Gasteiger partial charge in [-0.05, 0) is 85.9 Å². The first-order chi connectivity index (χ1) is 20.8. The van der Waals surface area contributed by atoms with Crippen LogP contribution in [0.2, 0.25) is 0 Å². The van der Waals surface area contributed by atoms with E-state index in [0.717, 1.165) is 22.4 Å². The third-order valence-electron chi connectivity index (χ3n) is 9.43. The smallest absolute Gasteiger partial charge is 0.334 e. The molecule has 2 aliphatic heterocycles. The van der Waals surface area contributed by atoms with E-state index in [1.807, 2.05) is 72.5 Å². The molecular formula is C36H44F3N3O2. The van der Waals surface area contributed by atoms with Gasteiger partial charge in [-0.1, -0.05) is 69.3 Å². The molecule has 3 unspecified atom stereocenters. The van der Waals surface area contributed by atoms with Crippen molar-refractivity contribution in [3.63, 3.8) is 0 Å². The van der Waals surface area contributed by atoms with E-state index in [4.69, 9.17) is 0 Å². The van der Waals surface area contributed by atoms with E-state index < -0.39 is 18.1 Å². The number of halogens is 3. The molecule has 0 saturated carbocycles. The number of hydrogen-bond donors (Lipinski definition) is 1. The van der Waals surface area contributed by atoms with Gasteiger partial charge in [0.2, 0.25) is 5.91 Å². The molecule has 2 aromatic carbocycles. The predicted octanol–water partition coefficient (Wildman–Crippen LogP) is 7.68. The molecule has 8 heteroatoms. The van der Waals surface area contributed by atoms with Crippen molar-refractivity contribution < 1.29 is 22.8 Å². The van der Waals surface area contributed by atoms with Crippen molar-refractivity contribution in [1.82, 2.24) is 9.80 Å². The predicted molar refractivity (Wildman–Crippen MR) is 168 cm³/mol. The van der Waals surface area contributed by atoms with Crippen LogP contribution in [0.15, 0.2) is 72.3 Å². The van der Waals surface area contributed by atoms with Crippen LogP contribution in [-0.2, 0) is 10.2 Å².